The van der Waals surface area contributed by atoms with E-state index in [1.54, 1.807) is 0 Å². The average molecular weight is 267 g/mol. The molecule has 2 aromatic rings. The van der Waals surface area contributed by atoms with E-state index in [1.807, 2.05) is 34.9 Å². The summed E-state index contributed by atoms with van der Waals surface area (Å²) < 4.78 is 1.96. The number of carbonyl (C=O) groups is 1. The van der Waals surface area contributed by atoms with E-state index >= 15 is 0 Å². The second kappa shape index (κ2) is 4.47. The Morgan fingerprint density at radius 1 is 1.15 bits per heavy atom. The largest absolute Gasteiger partial charge is 0.291 e. The topological polar surface area (TPSA) is 46.4 Å². The number of benzene rings is 1. The van der Waals surface area contributed by atoms with Gasteiger partial charge in [-0.25, -0.2) is 4.99 Å². The number of para-hydroxylation sites is 1. The Hall–Kier alpha value is -2.10. The van der Waals surface area contributed by atoms with Gasteiger partial charge < -0.3 is 0 Å². The van der Waals surface area contributed by atoms with Crippen LogP contribution in [0.15, 0.2) is 35.3 Å². The van der Waals surface area contributed by atoms with Gasteiger partial charge in [0.05, 0.1) is 11.6 Å². The van der Waals surface area contributed by atoms with Crippen LogP contribution in [0, 0.1) is 0 Å². The average Bonchev–Trinajstić information content (AvgIpc) is 2.99. The van der Waals surface area contributed by atoms with Crippen LogP contribution in [0.1, 0.15) is 42.6 Å². The molecule has 102 valence electrons. The first-order valence-corrected chi connectivity index (χ1v) is 7.33. The van der Waals surface area contributed by atoms with Crippen LogP contribution in [0.25, 0.3) is 10.9 Å². The number of amides is 1. The van der Waals surface area contributed by atoms with Gasteiger partial charge in [-0.1, -0.05) is 37.5 Å². The molecule has 1 fully saturated rings. The molecule has 0 unspecified atom stereocenters. The smallest absolute Gasteiger partial charge is 0.275 e. The van der Waals surface area contributed by atoms with Crippen LogP contribution in [-0.2, 0) is 0 Å². The summed E-state index contributed by atoms with van der Waals surface area (Å²) in [4.78, 5) is 16.9. The van der Waals surface area contributed by atoms with Gasteiger partial charge in [0.25, 0.3) is 5.91 Å². The minimum atomic E-state index is -0.0456. The predicted octanol–water partition coefficient (Wildman–Crippen LogP) is 2.92. The molecule has 4 nitrogen and oxygen atoms in total. The van der Waals surface area contributed by atoms with E-state index in [0.29, 0.717) is 17.7 Å². The van der Waals surface area contributed by atoms with Gasteiger partial charge >= 0.3 is 0 Å². The number of carbonyl (C=O) groups excluding carboxylic acids is 1. The van der Waals surface area contributed by atoms with Crippen LogP contribution in [0.3, 0.4) is 0 Å². The zero-order valence-corrected chi connectivity index (χ0v) is 11.3. The first-order valence-electron chi connectivity index (χ1n) is 7.33. The van der Waals surface area contributed by atoms with Crippen molar-refractivity contribution in [3.05, 3.63) is 36.0 Å². The van der Waals surface area contributed by atoms with Crippen LogP contribution >= 0.6 is 0 Å². The van der Waals surface area contributed by atoms with Crippen LogP contribution in [-0.4, -0.2) is 22.5 Å². The summed E-state index contributed by atoms with van der Waals surface area (Å²) in [7, 11) is 0. The van der Waals surface area contributed by atoms with Crippen molar-refractivity contribution in [3.8, 4) is 0 Å². The van der Waals surface area contributed by atoms with E-state index in [1.165, 1.54) is 19.3 Å². The Bertz CT molecular complexity index is 708. The Balaban J connectivity index is 1.81. The summed E-state index contributed by atoms with van der Waals surface area (Å²) in [5.41, 5.74) is 1.75. The summed E-state index contributed by atoms with van der Waals surface area (Å²) in [5, 5.41) is 4.00. The molecule has 4 rings (SSSR count). The van der Waals surface area contributed by atoms with Crippen molar-refractivity contribution in [1.29, 1.82) is 0 Å². The second-order valence-electron chi connectivity index (χ2n) is 5.62. The summed E-state index contributed by atoms with van der Waals surface area (Å²) in [6.07, 6.45) is 6.07. The Morgan fingerprint density at radius 2 is 1.95 bits per heavy atom. The Labute approximate surface area is 117 Å². The molecule has 20 heavy (non-hydrogen) atoms. The monoisotopic (exact) mass is 267 g/mol. The lowest BCUT2D eigenvalue weighted by Crippen LogP contribution is -2.27. The molecule has 1 aliphatic carbocycles. The number of nitrogens with one attached hydrogen (secondary N) is 1. The van der Waals surface area contributed by atoms with Crippen molar-refractivity contribution in [3.63, 3.8) is 0 Å². The van der Waals surface area contributed by atoms with Crippen molar-refractivity contribution in [1.82, 2.24) is 9.88 Å². The maximum atomic E-state index is 12.1. The summed E-state index contributed by atoms with van der Waals surface area (Å²) in [6, 6.07) is 10.4. The molecule has 1 amide bonds. The number of aliphatic imine (C=N–C) groups is 1. The van der Waals surface area contributed by atoms with E-state index in [4.69, 9.17) is 4.99 Å². The molecule has 1 aliphatic heterocycles. The summed E-state index contributed by atoms with van der Waals surface area (Å²) in [6.45, 7) is 0. The van der Waals surface area contributed by atoms with Gasteiger partial charge in [-0.3, -0.25) is 14.7 Å². The van der Waals surface area contributed by atoms with E-state index in [9.17, 15) is 4.79 Å². The van der Waals surface area contributed by atoms with E-state index in [-0.39, 0.29) is 5.91 Å². The van der Waals surface area contributed by atoms with Gasteiger partial charge in [-0.05, 0) is 25.0 Å². The number of hydrogen-bond acceptors (Lipinski definition) is 2. The third kappa shape index (κ3) is 1.75. The van der Waals surface area contributed by atoms with Gasteiger partial charge in [0.1, 0.15) is 5.69 Å². The molecule has 1 N–H and O–H groups in total. The number of fused-ring (bicyclic) bond motifs is 3. The van der Waals surface area contributed by atoms with E-state index in [0.717, 1.165) is 23.7 Å². The first kappa shape index (κ1) is 11.7. The summed E-state index contributed by atoms with van der Waals surface area (Å²) >= 11 is 0. The van der Waals surface area contributed by atoms with E-state index < -0.39 is 0 Å². The number of aromatic nitrogens is 1. The third-order valence-corrected chi connectivity index (χ3v) is 4.26. The minimum Gasteiger partial charge on any atom is -0.291 e. The molecule has 0 radical (unpaired) electrons. The Kier molecular flexibility index (Phi) is 2.62. The molecular formula is C16H17N3O. The third-order valence-electron chi connectivity index (χ3n) is 4.26. The van der Waals surface area contributed by atoms with Gasteiger partial charge in [0, 0.05) is 5.39 Å². The molecule has 1 saturated carbocycles. The number of hydrogen-bond donors (Lipinski definition) is 1. The fraction of sp³-hybridized carbons (Fsp3) is 0.375. The van der Waals surface area contributed by atoms with Crippen molar-refractivity contribution in [2.24, 2.45) is 4.99 Å². The first-order chi connectivity index (χ1) is 9.83. The molecule has 2 aliphatic rings. The molecule has 1 aromatic heterocycles. The lowest BCUT2D eigenvalue weighted by atomic mass is 9.96. The minimum absolute atomic E-state index is 0.0456. The predicted molar refractivity (Wildman–Crippen MR) is 79.1 cm³/mol. The zero-order valence-electron chi connectivity index (χ0n) is 11.3. The highest BCUT2D eigenvalue weighted by Gasteiger charge is 2.28. The van der Waals surface area contributed by atoms with Crippen molar-refractivity contribution in [2.45, 2.75) is 38.1 Å². The molecule has 2 heterocycles. The lowest BCUT2D eigenvalue weighted by Gasteiger charge is -2.18. The SMILES string of the molecule is O=C1NC(=NC2CCCCC2)n2c1cc1ccccc12. The molecule has 4 heteroatoms. The number of nitrogens with zero attached hydrogens (tertiary/aromatic N) is 2. The van der Waals surface area contributed by atoms with Gasteiger partial charge in [0.15, 0.2) is 0 Å². The fourth-order valence-electron chi connectivity index (χ4n) is 3.24. The van der Waals surface area contributed by atoms with Crippen LogP contribution < -0.4 is 5.32 Å². The standard InChI is InChI=1S/C16H17N3O/c20-15-14-10-11-6-4-5-9-13(11)19(14)16(18-15)17-12-7-2-1-3-8-12/h4-6,9-10,12H,1-3,7-8H2,(H,17,18,20). The van der Waals surface area contributed by atoms with Gasteiger partial charge in [0.2, 0.25) is 5.96 Å². The van der Waals surface area contributed by atoms with Gasteiger partial charge in [-0.2, -0.15) is 0 Å². The quantitative estimate of drug-likeness (QED) is 0.848. The highest BCUT2D eigenvalue weighted by Crippen LogP contribution is 2.25. The zero-order chi connectivity index (χ0) is 13.5. The maximum absolute atomic E-state index is 12.1. The molecular weight excluding hydrogens is 250 g/mol. The van der Waals surface area contributed by atoms with Crippen molar-refractivity contribution >= 4 is 22.8 Å². The molecule has 0 atom stereocenters. The second-order valence-corrected chi connectivity index (χ2v) is 5.62. The highest BCUT2D eigenvalue weighted by atomic mass is 16.2. The lowest BCUT2D eigenvalue weighted by molar-refractivity contribution is 0.0981. The van der Waals surface area contributed by atoms with Crippen molar-refractivity contribution in [2.75, 3.05) is 0 Å². The van der Waals surface area contributed by atoms with Crippen LogP contribution in [0.2, 0.25) is 0 Å². The highest BCUT2D eigenvalue weighted by molar-refractivity contribution is 6.17. The summed E-state index contributed by atoms with van der Waals surface area (Å²) in [5.74, 6) is 0.661. The fourth-order valence-corrected chi connectivity index (χ4v) is 3.24. The molecule has 0 spiro atoms. The van der Waals surface area contributed by atoms with Crippen LogP contribution in [0.5, 0.6) is 0 Å². The van der Waals surface area contributed by atoms with E-state index in [2.05, 4.69) is 5.32 Å². The van der Waals surface area contributed by atoms with Gasteiger partial charge in [-0.15, -0.1) is 0 Å². The van der Waals surface area contributed by atoms with Crippen molar-refractivity contribution < 1.29 is 4.79 Å². The maximum Gasteiger partial charge on any atom is 0.275 e. The molecule has 0 bridgehead atoms. The Morgan fingerprint density at radius 3 is 2.80 bits per heavy atom. The molecule has 1 aromatic carbocycles. The molecule has 0 saturated heterocycles. The van der Waals surface area contributed by atoms with Crippen LogP contribution in [0.4, 0.5) is 0 Å². The number of rotatable bonds is 1. The normalized spacial score (nSPS) is 21.4.